The van der Waals surface area contributed by atoms with E-state index >= 15 is 0 Å². The van der Waals surface area contributed by atoms with Gasteiger partial charge in [0, 0.05) is 36.0 Å². The molecule has 12 heteroatoms. The summed E-state index contributed by atoms with van der Waals surface area (Å²) < 4.78 is 26.8. The molecular weight excluding hydrogens is 529 g/mol. The van der Waals surface area contributed by atoms with Crippen LogP contribution in [0.3, 0.4) is 0 Å². The second-order valence-corrected chi connectivity index (χ2v) is 10.0. The fourth-order valence-corrected chi connectivity index (χ4v) is 5.63. The molecule has 2 fully saturated rings. The quantitative estimate of drug-likeness (QED) is 0.351. The van der Waals surface area contributed by atoms with E-state index in [0.29, 0.717) is 27.8 Å². The number of rotatable bonds is 7. The van der Waals surface area contributed by atoms with Crippen molar-refractivity contribution in [1.29, 1.82) is 0 Å². The van der Waals surface area contributed by atoms with Gasteiger partial charge in [-0.2, -0.15) is 4.98 Å². The number of nitrogens with zero attached hydrogens (tertiary/aromatic N) is 4. The molecule has 0 bridgehead atoms. The van der Waals surface area contributed by atoms with Crippen molar-refractivity contribution >= 4 is 40.0 Å². The number of anilines is 2. The third kappa shape index (κ3) is 4.38. The first-order chi connectivity index (χ1) is 18.7. The fourth-order valence-electron chi connectivity index (χ4n) is 5.36. The molecule has 0 unspecified atom stereocenters. The maximum Gasteiger partial charge on any atom is 0.341 e. The lowest BCUT2D eigenvalue weighted by molar-refractivity contribution is 0.0695. The molecule has 0 spiro atoms. The Kier molecular flexibility index (Phi) is 6.02. The van der Waals surface area contributed by atoms with Crippen molar-refractivity contribution < 1.29 is 23.8 Å². The number of halogens is 2. The molecule has 3 N–H and O–H groups in total. The van der Waals surface area contributed by atoms with Crippen LogP contribution in [-0.2, 0) is 0 Å². The van der Waals surface area contributed by atoms with Crippen LogP contribution in [-0.4, -0.2) is 51.4 Å². The normalized spacial score (nSPS) is 19.7. The zero-order valence-electron chi connectivity index (χ0n) is 20.7. The van der Waals surface area contributed by atoms with Crippen molar-refractivity contribution in [2.45, 2.75) is 24.9 Å². The van der Waals surface area contributed by atoms with E-state index < -0.39 is 22.8 Å². The summed E-state index contributed by atoms with van der Waals surface area (Å²) >= 11 is 6.74. The molecule has 1 aromatic carbocycles. The van der Waals surface area contributed by atoms with Gasteiger partial charge in [-0.1, -0.05) is 11.6 Å². The van der Waals surface area contributed by atoms with E-state index in [9.17, 15) is 19.1 Å². The summed E-state index contributed by atoms with van der Waals surface area (Å²) in [5.74, 6) is -1.18. The highest BCUT2D eigenvalue weighted by molar-refractivity contribution is 6.34. The van der Waals surface area contributed by atoms with Gasteiger partial charge in [-0.15, -0.1) is 0 Å². The lowest BCUT2D eigenvalue weighted by Gasteiger charge is -2.31. The van der Waals surface area contributed by atoms with Gasteiger partial charge in [0.05, 0.1) is 35.1 Å². The second-order valence-electron chi connectivity index (χ2n) is 9.62. The third-order valence-corrected chi connectivity index (χ3v) is 7.55. The Morgan fingerprint density at radius 3 is 2.82 bits per heavy atom. The fraction of sp³-hybridized carbons (Fsp3) is 0.259. The van der Waals surface area contributed by atoms with Crippen LogP contribution in [0.2, 0.25) is 5.02 Å². The van der Waals surface area contributed by atoms with Crippen molar-refractivity contribution in [3.05, 3.63) is 75.4 Å². The number of nitrogens with two attached hydrogens (primary N) is 1. The van der Waals surface area contributed by atoms with Gasteiger partial charge < -0.3 is 29.8 Å². The first-order valence-electron chi connectivity index (χ1n) is 12.2. The molecule has 10 nitrogen and oxygen atoms in total. The van der Waals surface area contributed by atoms with E-state index in [2.05, 4.69) is 14.9 Å². The van der Waals surface area contributed by atoms with Gasteiger partial charge >= 0.3 is 5.97 Å². The maximum atomic E-state index is 14.3. The predicted molar refractivity (Wildman–Crippen MR) is 143 cm³/mol. The standard InChI is InChI=1S/C27H23ClFN5O5/c1-38-24-3-2-19(29)26(32-24)39-12-15-6-13-7-20(13)34(15)22-10-21-16(9-18(22)28)25(35)17(27(36)37)11-33(21)14-4-5-31-23(30)8-14/h2-5,8-11,13,15,20H,6-7,12H2,1H3,(H2,30,31)(H,36,37)/t13-,15+,20+/m0/s1. The number of hydrogen-bond acceptors (Lipinski definition) is 8. The summed E-state index contributed by atoms with van der Waals surface area (Å²) in [6.07, 6.45) is 4.57. The number of aromatic carboxylic acids is 1. The Hall–Kier alpha value is -4.38. The number of carbonyl (C=O) groups is 1. The van der Waals surface area contributed by atoms with E-state index in [-0.39, 0.29) is 41.7 Å². The molecule has 4 aromatic rings. The molecule has 1 saturated carbocycles. The van der Waals surface area contributed by atoms with E-state index in [1.54, 1.807) is 22.8 Å². The highest BCUT2D eigenvalue weighted by atomic mass is 35.5. The smallest absolute Gasteiger partial charge is 0.341 e. The van der Waals surface area contributed by atoms with E-state index in [1.807, 2.05) is 0 Å². The van der Waals surface area contributed by atoms with Crippen LogP contribution >= 0.6 is 11.6 Å². The van der Waals surface area contributed by atoms with Gasteiger partial charge in [-0.05, 0) is 43.0 Å². The first-order valence-corrected chi connectivity index (χ1v) is 12.6. The molecule has 200 valence electrons. The minimum atomic E-state index is -1.35. The Labute approximate surface area is 226 Å². The van der Waals surface area contributed by atoms with Crippen molar-refractivity contribution in [2.75, 3.05) is 24.4 Å². The Morgan fingerprint density at radius 2 is 2.08 bits per heavy atom. The zero-order chi connectivity index (χ0) is 27.4. The third-order valence-electron chi connectivity index (χ3n) is 7.24. The van der Waals surface area contributed by atoms with Crippen LogP contribution in [0.4, 0.5) is 15.9 Å². The number of aromatic nitrogens is 3. The summed E-state index contributed by atoms with van der Waals surface area (Å²) in [6.45, 7) is 0.157. The summed E-state index contributed by atoms with van der Waals surface area (Å²) in [7, 11) is 1.44. The van der Waals surface area contributed by atoms with Gasteiger partial charge in [0.1, 0.15) is 18.0 Å². The molecular formula is C27H23ClFN5O5. The summed E-state index contributed by atoms with van der Waals surface area (Å²) in [5.41, 5.74) is 6.51. The number of pyridine rings is 3. The van der Waals surface area contributed by atoms with Crippen LogP contribution in [0, 0.1) is 11.7 Å². The molecule has 0 radical (unpaired) electrons. The molecule has 4 heterocycles. The minimum Gasteiger partial charge on any atom is -0.481 e. The molecule has 3 aromatic heterocycles. The van der Waals surface area contributed by atoms with E-state index in [0.717, 1.165) is 12.8 Å². The highest BCUT2D eigenvalue weighted by Crippen LogP contribution is 2.51. The summed E-state index contributed by atoms with van der Waals surface area (Å²) in [5, 5.41) is 10.1. The van der Waals surface area contributed by atoms with Crippen molar-refractivity contribution in [3.63, 3.8) is 0 Å². The lowest BCUT2D eigenvalue weighted by atomic mass is 10.1. The minimum absolute atomic E-state index is 0.133. The van der Waals surface area contributed by atoms with Gasteiger partial charge in [-0.3, -0.25) is 4.79 Å². The average molecular weight is 552 g/mol. The van der Waals surface area contributed by atoms with Crippen LogP contribution < -0.4 is 25.5 Å². The van der Waals surface area contributed by atoms with E-state index in [1.165, 1.54) is 37.7 Å². The number of ether oxygens (including phenoxy) is 2. The summed E-state index contributed by atoms with van der Waals surface area (Å²) in [4.78, 5) is 35.2. The number of piperidine rings is 1. The molecule has 2 aliphatic rings. The molecule has 1 aliphatic heterocycles. The SMILES string of the molecule is COc1ccc(F)c(OC[C@H]2C[C@H]3C[C@H]3N2c2cc3c(cc2Cl)c(=O)c(C(=O)O)cn3-c2ccnc(N)c2)n1. The molecule has 1 saturated heterocycles. The van der Waals surface area contributed by atoms with Crippen molar-refractivity contribution in [1.82, 2.24) is 14.5 Å². The number of carboxylic acid groups (broad SMARTS) is 1. The largest absolute Gasteiger partial charge is 0.481 e. The lowest BCUT2D eigenvalue weighted by Crippen LogP contribution is -2.37. The molecule has 3 atom stereocenters. The monoisotopic (exact) mass is 551 g/mol. The van der Waals surface area contributed by atoms with Crippen LogP contribution in [0.1, 0.15) is 23.2 Å². The summed E-state index contributed by atoms with van der Waals surface area (Å²) in [6, 6.07) is 9.26. The maximum absolute atomic E-state index is 14.3. The molecule has 0 amide bonds. The van der Waals surface area contributed by atoms with Crippen LogP contribution in [0.25, 0.3) is 16.6 Å². The highest BCUT2D eigenvalue weighted by Gasteiger charge is 2.52. The number of carboxylic acids is 1. The molecule has 6 rings (SSSR count). The Balaban J connectivity index is 1.43. The average Bonchev–Trinajstić information content (AvgIpc) is 3.58. The van der Waals surface area contributed by atoms with Crippen molar-refractivity contribution in [3.8, 4) is 17.4 Å². The second kappa shape index (κ2) is 9.42. The van der Waals surface area contributed by atoms with E-state index in [4.69, 9.17) is 26.8 Å². The Bertz CT molecular complexity index is 1700. The first kappa shape index (κ1) is 24.9. The van der Waals surface area contributed by atoms with Crippen LogP contribution in [0.5, 0.6) is 11.8 Å². The molecule has 1 aliphatic carbocycles. The van der Waals surface area contributed by atoms with Gasteiger partial charge in [-0.25, -0.2) is 14.2 Å². The van der Waals surface area contributed by atoms with Gasteiger partial charge in [0.25, 0.3) is 5.88 Å². The zero-order valence-corrected chi connectivity index (χ0v) is 21.4. The number of methoxy groups -OCH3 is 1. The Morgan fingerprint density at radius 1 is 1.26 bits per heavy atom. The van der Waals surface area contributed by atoms with Crippen LogP contribution in [0.15, 0.2) is 53.6 Å². The van der Waals surface area contributed by atoms with Gasteiger partial charge in [0.15, 0.2) is 5.82 Å². The number of nitrogen functional groups attached to an aromatic ring is 1. The van der Waals surface area contributed by atoms with Gasteiger partial charge in [0.2, 0.25) is 11.3 Å². The topological polar surface area (TPSA) is 133 Å². The number of fused-ring (bicyclic) bond motifs is 2. The number of benzene rings is 1. The van der Waals surface area contributed by atoms with Crippen molar-refractivity contribution in [2.24, 2.45) is 5.92 Å². The predicted octanol–water partition coefficient (Wildman–Crippen LogP) is 3.91. The number of hydrogen-bond donors (Lipinski definition) is 2. The molecule has 39 heavy (non-hydrogen) atoms.